The Morgan fingerprint density at radius 2 is 0.833 bits per heavy atom. The Hall–Kier alpha value is -4.12. The lowest BCUT2D eigenvalue weighted by molar-refractivity contribution is -0.130. The molecule has 0 spiro atoms. The minimum atomic E-state index is -1.40. The predicted molar refractivity (Wildman–Crippen MR) is 150 cm³/mol. The highest BCUT2D eigenvalue weighted by molar-refractivity contribution is 5.77. The molecular formula is C28H46N6O8. The molecule has 0 atom stereocenters. The highest BCUT2D eigenvalue weighted by atomic mass is 16.7. The van der Waals surface area contributed by atoms with Gasteiger partial charge in [-0.25, -0.2) is 9.59 Å². The Kier molecular flexibility index (Phi) is 26.9. The number of carbonyl (C=O) groups excluding carboxylic acids is 3. The van der Waals surface area contributed by atoms with Crippen LogP contribution in [0.4, 0.5) is 9.59 Å². The second kappa shape index (κ2) is 29.9. The van der Waals surface area contributed by atoms with Crippen molar-refractivity contribution in [1.29, 1.82) is 15.8 Å². The summed E-state index contributed by atoms with van der Waals surface area (Å²) in [6.45, 7) is 2.30. The number of alkyl carbamates (subject to hydrolysis) is 2. The molecule has 0 aliphatic heterocycles. The molecule has 0 bridgehead atoms. The quantitative estimate of drug-likeness (QED) is 0.0697. The lowest BCUT2D eigenvalue weighted by Crippen LogP contribution is -2.38. The van der Waals surface area contributed by atoms with Gasteiger partial charge in [-0.1, -0.05) is 38.5 Å². The maximum absolute atomic E-state index is 12.4. The molecular weight excluding hydrogens is 548 g/mol. The molecule has 0 saturated heterocycles. The van der Waals surface area contributed by atoms with Gasteiger partial charge < -0.3 is 39.6 Å². The number of hydrogen-bond donors (Lipinski definition) is 3. The molecule has 0 aliphatic carbocycles. The first kappa shape index (κ1) is 37.9. The van der Waals surface area contributed by atoms with E-state index < -0.39 is 24.4 Å². The number of unbranched alkanes of at least 4 members (excludes halogenated alkanes) is 11. The average molecular weight is 595 g/mol. The molecule has 0 aromatic rings. The summed E-state index contributed by atoms with van der Waals surface area (Å²) in [6, 6.07) is 0. The van der Waals surface area contributed by atoms with Gasteiger partial charge in [-0.3, -0.25) is 4.79 Å². The van der Waals surface area contributed by atoms with Crippen molar-refractivity contribution in [3.63, 3.8) is 0 Å². The van der Waals surface area contributed by atoms with Crippen molar-refractivity contribution < 1.29 is 38.1 Å². The van der Waals surface area contributed by atoms with E-state index in [1.165, 1.54) is 0 Å². The van der Waals surface area contributed by atoms with Crippen LogP contribution in [0.15, 0.2) is 0 Å². The Balaban J connectivity index is 4.40. The summed E-state index contributed by atoms with van der Waals surface area (Å²) in [5, 5.41) is 32.9. The minimum Gasteiger partial charge on any atom is -0.428 e. The van der Waals surface area contributed by atoms with Gasteiger partial charge in [0, 0.05) is 19.6 Å². The molecule has 0 unspecified atom stereocenters. The molecule has 42 heavy (non-hydrogen) atoms. The monoisotopic (exact) mass is 594 g/mol. The van der Waals surface area contributed by atoms with Gasteiger partial charge in [0.2, 0.25) is 5.91 Å². The molecule has 0 fully saturated rings. The molecule has 0 heterocycles. The Bertz CT molecular complexity index is 796. The van der Waals surface area contributed by atoms with E-state index in [0.29, 0.717) is 52.3 Å². The standard InChI is InChI=1S/C28H46N6O8/c29-22-38-18-12-6-2-1-3-9-15-32-25(35)21-26(41-27(36)33-16-10-4-7-13-19-39-23-30)42-28(37)34-17-11-5-8-14-20-40-24-31/h26H,1-21H2,(H,32,35)(H,33,36)(H,34,37). The molecule has 0 aliphatic rings. The highest BCUT2D eigenvalue weighted by Gasteiger charge is 2.22. The van der Waals surface area contributed by atoms with E-state index in [2.05, 4.69) is 30.2 Å². The third-order valence-electron chi connectivity index (χ3n) is 5.90. The van der Waals surface area contributed by atoms with E-state index in [1.807, 2.05) is 0 Å². The molecule has 14 nitrogen and oxygen atoms in total. The van der Waals surface area contributed by atoms with Crippen LogP contribution in [0.3, 0.4) is 0 Å². The van der Waals surface area contributed by atoms with Crippen LogP contribution in [0, 0.1) is 34.6 Å². The Morgan fingerprint density at radius 3 is 1.21 bits per heavy atom. The van der Waals surface area contributed by atoms with Crippen molar-refractivity contribution in [2.45, 2.75) is 103 Å². The molecule has 0 aromatic carbocycles. The van der Waals surface area contributed by atoms with Crippen LogP contribution in [0.2, 0.25) is 0 Å². The molecule has 0 aromatic heterocycles. The zero-order valence-electron chi connectivity index (χ0n) is 24.5. The van der Waals surface area contributed by atoms with Crippen LogP contribution in [-0.2, 0) is 28.5 Å². The zero-order valence-corrected chi connectivity index (χ0v) is 24.5. The first-order valence-electron chi connectivity index (χ1n) is 14.7. The third kappa shape index (κ3) is 27.4. The predicted octanol–water partition coefficient (Wildman–Crippen LogP) is 4.23. The number of nitrogens with one attached hydrogen (secondary N) is 3. The van der Waals surface area contributed by atoms with Crippen LogP contribution >= 0.6 is 0 Å². The van der Waals surface area contributed by atoms with E-state index >= 15 is 0 Å². The van der Waals surface area contributed by atoms with Gasteiger partial charge in [-0.15, -0.1) is 0 Å². The van der Waals surface area contributed by atoms with E-state index in [9.17, 15) is 14.4 Å². The summed E-state index contributed by atoms with van der Waals surface area (Å²) >= 11 is 0. The lowest BCUT2D eigenvalue weighted by Gasteiger charge is -2.19. The van der Waals surface area contributed by atoms with Crippen molar-refractivity contribution >= 4 is 18.1 Å². The number of nitrogens with zero attached hydrogens (tertiary/aromatic N) is 3. The van der Waals surface area contributed by atoms with Crippen molar-refractivity contribution in [2.75, 3.05) is 39.5 Å². The van der Waals surface area contributed by atoms with E-state index in [1.54, 1.807) is 18.8 Å². The fraction of sp³-hybridized carbons (Fsp3) is 0.786. The topological polar surface area (TPSA) is 205 Å². The van der Waals surface area contributed by atoms with E-state index in [4.69, 9.17) is 25.3 Å². The lowest BCUT2D eigenvalue weighted by atomic mass is 10.1. The van der Waals surface area contributed by atoms with Crippen LogP contribution in [0.5, 0.6) is 0 Å². The van der Waals surface area contributed by atoms with Gasteiger partial charge in [0.25, 0.3) is 25.1 Å². The van der Waals surface area contributed by atoms with E-state index in [0.717, 1.165) is 77.0 Å². The number of ether oxygens (including phenoxy) is 5. The Labute approximate surface area is 248 Å². The van der Waals surface area contributed by atoms with Gasteiger partial charge in [-0.05, 0) is 51.4 Å². The van der Waals surface area contributed by atoms with Gasteiger partial charge >= 0.3 is 12.2 Å². The van der Waals surface area contributed by atoms with Gasteiger partial charge in [0.1, 0.15) is 26.2 Å². The number of hydrogen-bond acceptors (Lipinski definition) is 11. The van der Waals surface area contributed by atoms with Crippen molar-refractivity contribution in [2.24, 2.45) is 0 Å². The molecule has 3 N–H and O–H groups in total. The second-order valence-electron chi connectivity index (χ2n) is 9.42. The number of nitriles is 3. The van der Waals surface area contributed by atoms with Crippen molar-refractivity contribution in [3.05, 3.63) is 0 Å². The molecule has 0 radical (unpaired) electrons. The fourth-order valence-corrected chi connectivity index (χ4v) is 3.71. The highest BCUT2D eigenvalue weighted by Crippen LogP contribution is 2.07. The summed E-state index contributed by atoms with van der Waals surface area (Å²) in [5.41, 5.74) is 0. The Morgan fingerprint density at radius 1 is 0.500 bits per heavy atom. The van der Waals surface area contributed by atoms with Crippen LogP contribution < -0.4 is 16.0 Å². The first-order chi connectivity index (χ1) is 20.5. The van der Waals surface area contributed by atoms with Crippen molar-refractivity contribution in [3.8, 4) is 18.8 Å². The summed E-state index contributed by atoms with van der Waals surface area (Å²) in [5.74, 6) is -0.409. The SMILES string of the molecule is N#COCCCCCCCCNC(=O)CC(OC(=O)NCCCCCCOC#N)OC(=O)NCCCCCCOC#N. The second-order valence-corrected chi connectivity index (χ2v) is 9.42. The summed E-state index contributed by atoms with van der Waals surface area (Å²) in [7, 11) is 0. The third-order valence-corrected chi connectivity index (χ3v) is 5.90. The molecule has 14 heteroatoms. The number of amides is 3. The average Bonchev–Trinajstić information content (AvgIpc) is 2.96. The van der Waals surface area contributed by atoms with Gasteiger partial charge in [-0.2, -0.15) is 15.8 Å². The molecule has 0 rings (SSSR count). The van der Waals surface area contributed by atoms with Crippen molar-refractivity contribution in [1.82, 2.24) is 16.0 Å². The van der Waals surface area contributed by atoms with Gasteiger partial charge in [0.05, 0.1) is 0 Å². The first-order valence-corrected chi connectivity index (χ1v) is 14.7. The number of carbonyl (C=O) groups is 3. The van der Waals surface area contributed by atoms with Crippen LogP contribution in [0.25, 0.3) is 0 Å². The molecule has 0 saturated carbocycles. The van der Waals surface area contributed by atoms with Crippen LogP contribution in [-0.4, -0.2) is 63.8 Å². The minimum absolute atomic E-state index is 0.336. The maximum Gasteiger partial charge on any atom is 0.410 e. The maximum atomic E-state index is 12.4. The summed E-state index contributed by atoms with van der Waals surface area (Å²) in [6.07, 6.45) is 13.3. The smallest absolute Gasteiger partial charge is 0.410 e. The summed E-state index contributed by atoms with van der Waals surface area (Å²) < 4.78 is 24.3. The largest absolute Gasteiger partial charge is 0.428 e. The molecule has 236 valence electrons. The zero-order chi connectivity index (χ0) is 30.9. The summed E-state index contributed by atoms with van der Waals surface area (Å²) in [4.78, 5) is 36.9. The number of rotatable bonds is 27. The normalized spacial score (nSPS) is 9.95. The van der Waals surface area contributed by atoms with Crippen LogP contribution in [0.1, 0.15) is 96.3 Å². The van der Waals surface area contributed by atoms with E-state index in [-0.39, 0.29) is 6.42 Å². The van der Waals surface area contributed by atoms with Gasteiger partial charge in [0.15, 0.2) is 0 Å². The fourth-order valence-electron chi connectivity index (χ4n) is 3.71. The molecule has 3 amide bonds.